The van der Waals surface area contributed by atoms with Gasteiger partial charge in [-0.25, -0.2) is 9.97 Å². The summed E-state index contributed by atoms with van der Waals surface area (Å²) in [4.78, 5) is 9.25. The van der Waals surface area contributed by atoms with E-state index in [1.54, 1.807) is 0 Å². The van der Waals surface area contributed by atoms with E-state index in [2.05, 4.69) is 46.5 Å². The quantitative estimate of drug-likeness (QED) is 0.708. The van der Waals surface area contributed by atoms with E-state index in [0.29, 0.717) is 18.9 Å². The number of aliphatic hydroxyl groups is 1. The number of anilines is 1. The summed E-state index contributed by atoms with van der Waals surface area (Å²) in [7, 11) is 0. The van der Waals surface area contributed by atoms with Crippen LogP contribution in [-0.4, -0.2) is 28.2 Å². The number of nitrogens with one attached hydrogen (secondary N) is 1. The molecule has 4 heteroatoms. The van der Waals surface area contributed by atoms with Gasteiger partial charge in [0.15, 0.2) is 0 Å². The third kappa shape index (κ3) is 3.07. The van der Waals surface area contributed by atoms with E-state index < -0.39 is 0 Å². The van der Waals surface area contributed by atoms with Crippen LogP contribution >= 0.6 is 0 Å². The van der Waals surface area contributed by atoms with E-state index in [1.165, 1.54) is 5.56 Å². The molecule has 2 N–H and O–H groups in total. The molecular weight excluding hydrogens is 274 g/mol. The Morgan fingerprint density at radius 2 is 1.86 bits per heavy atom. The second-order valence-electron chi connectivity index (χ2n) is 5.29. The molecular formula is C18H19N3O. The molecule has 0 atom stereocenters. The van der Waals surface area contributed by atoms with Crippen molar-refractivity contribution in [2.24, 2.45) is 0 Å². The Morgan fingerprint density at radius 3 is 2.64 bits per heavy atom. The van der Waals surface area contributed by atoms with Gasteiger partial charge in [-0.05, 0) is 25.5 Å². The number of fused-ring (bicyclic) bond motifs is 1. The summed E-state index contributed by atoms with van der Waals surface area (Å²) in [6, 6.07) is 16.3. The van der Waals surface area contributed by atoms with Gasteiger partial charge < -0.3 is 10.4 Å². The zero-order valence-corrected chi connectivity index (χ0v) is 12.6. The molecule has 0 aliphatic carbocycles. The predicted molar refractivity (Wildman–Crippen MR) is 89.9 cm³/mol. The summed E-state index contributed by atoms with van der Waals surface area (Å²) in [6.45, 7) is 2.88. The number of aryl methyl sites for hydroxylation is 1. The van der Waals surface area contributed by atoms with Crippen molar-refractivity contribution in [2.75, 3.05) is 18.5 Å². The number of hydrogen-bond acceptors (Lipinski definition) is 4. The van der Waals surface area contributed by atoms with E-state index in [-0.39, 0.29) is 6.61 Å². The van der Waals surface area contributed by atoms with Crippen LogP contribution in [0.4, 0.5) is 5.95 Å². The second-order valence-corrected chi connectivity index (χ2v) is 5.29. The first kappa shape index (κ1) is 14.5. The van der Waals surface area contributed by atoms with Crippen molar-refractivity contribution in [2.45, 2.75) is 13.3 Å². The van der Waals surface area contributed by atoms with Gasteiger partial charge in [-0.2, -0.15) is 0 Å². The van der Waals surface area contributed by atoms with Crippen LogP contribution in [0.1, 0.15) is 12.0 Å². The van der Waals surface area contributed by atoms with Gasteiger partial charge in [-0.15, -0.1) is 0 Å². The molecule has 3 aromatic rings. The molecule has 1 aromatic heterocycles. The fourth-order valence-electron chi connectivity index (χ4n) is 2.42. The average molecular weight is 293 g/mol. The Bertz CT molecular complexity index is 772. The van der Waals surface area contributed by atoms with Crippen LogP contribution in [0.2, 0.25) is 0 Å². The summed E-state index contributed by atoms with van der Waals surface area (Å²) >= 11 is 0. The van der Waals surface area contributed by atoms with Crippen molar-refractivity contribution in [3.05, 3.63) is 54.1 Å². The maximum absolute atomic E-state index is 8.90. The zero-order valence-electron chi connectivity index (χ0n) is 12.6. The number of aliphatic hydroxyl groups excluding tert-OH is 1. The Kier molecular flexibility index (Phi) is 4.30. The van der Waals surface area contributed by atoms with E-state index in [9.17, 15) is 0 Å². The molecule has 0 aliphatic heterocycles. The lowest BCUT2D eigenvalue weighted by atomic mass is 10.0. The molecule has 0 radical (unpaired) electrons. The van der Waals surface area contributed by atoms with E-state index in [4.69, 9.17) is 5.11 Å². The molecule has 0 saturated heterocycles. The van der Waals surface area contributed by atoms with Gasteiger partial charge in [0.25, 0.3) is 0 Å². The van der Waals surface area contributed by atoms with Gasteiger partial charge in [0.2, 0.25) is 5.95 Å². The second kappa shape index (κ2) is 6.54. The van der Waals surface area contributed by atoms with E-state index in [1.807, 2.05) is 24.3 Å². The maximum Gasteiger partial charge on any atom is 0.223 e. The molecule has 0 bridgehead atoms. The third-order valence-corrected chi connectivity index (χ3v) is 3.52. The lowest BCUT2D eigenvalue weighted by Gasteiger charge is -2.10. The van der Waals surface area contributed by atoms with Gasteiger partial charge in [-0.3, -0.25) is 0 Å². The van der Waals surface area contributed by atoms with E-state index in [0.717, 1.165) is 22.2 Å². The molecule has 0 fully saturated rings. The molecule has 112 valence electrons. The molecule has 3 rings (SSSR count). The molecule has 0 saturated carbocycles. The minimum atomic E-state index is 0.158. The van der Waals surface area contributed by atoms with Gasteiger partial charge in [0.05, 0.1) is 11.2 Å². The third-order valence-electron chi connectivity index (χ3n) is 3.52. The lowest BCUT2D eigenvalue weighted by Crippen LogP contribution is -2.07. The number of nitrogens with zero attached hydrogens (tertiary/aromatic N) is 2. The Balaban J connectivity index is 2.11. The normalized spacial score (nSPS) is 10.8. The van der Waals surface area contributed by atoms with Crippen molar-refractivity contribution in [1.29, 1.82) is 0 Å². The zero-order chi connectivity index (χ0) is 15.4. The first-order chi connectivity index (χ1) is 10.8. The lowest BCUT2D eigenvalue weighted by molar-refractivity contribution is 0.292. The first-order valence-corrected chi connectivity index (χ1v) is 7.46. The highest BCUT2D eigenvalue weighted by Gasteiger charge is 2.09. The summed E-state index contributed by atoms with van der Waals surface area (Å²) in [5, 5.41) is 13.1. The summed E-state index contributed by atoms with van der Waals surface area (Å²) < 4.78 is 0. The van der Waals surface area contributed by atoms with E-state index >= 15 is 0 Å². The molecule has 2 aromatic carbocycles. The van der Waals surface area contributed by atoms with Crippen LogP contribution in [0.25, 0.3) is 22.2 Å². The minimum Gasteiger partial charge on any atom is -0.396 e. The van der Waals surface area contributed by atoms with Gasteiger partial charge >= 0.3 is 0 Å². The van der Waals surface area contributed by atoms with Crippen LogP contribution in [0.5, 0.6) is 0 Å². The average Bonchev–Trinajstić information content (AvgIpc) is 2.55. The smallest absolute Gasteiger partial charge is 0.223 e. The standard InChI is InChI=1S/C18H19N3O/c1-13-8-9-16-15(12-13)17(14-6-3-2-4-7-14)21-18(20-16)19-10-5-11-22/h2-4,6-9,12,22H,5,10-11H2,1H3,(H,19,20,21). The number of benzene rings is 2. The highest BCUT2D eigenvalue weighted by molar-refractivity contribution is 5.93. The molecule has 0 aliphatic rings. The van der Waals surface area contributed by atoms with Gasteiger partial charge in [0.1, 0.15) is 0 Å². The minimum absolute atomic E-state index is 0.158. The van der Waals surface area contributed by atoms with Crippen molar-refractivity contribution >= 4 is 16.9 Å². The van der Waals surface area contributed by atoms with Gasteiger partial charge in [-0.1, -0.05) is 42.0 Å². The summed E-state index contributed by atoms with van der Waals surface area (Å²) in [5.41, 5.74) is 4.12. The SMILES string of the molecule is Cc1ccc2nc(NCCCO)nc(-c3ccccc3)c2c1. The Labute approximate surface area is 129 Å². The van der Waals surface area contributed by atoms with Crippen LogP contribution in [-0.2, 0) is 0 Å². The molecule has 4 nitrogen and oxygen atoms in total. The van der Waals surface area contributed by atoms with Crippen molar-refractivity contribution < 1.29 is 5.11 Å². The largest absolute Gasteiger partial charge is 0.396 e. The Hall–Kier alpha value is -2.46. The Morgan fingerprint density at radius 1 is 1.05 bits per heavy atom. The summed E-state index contributed by atoms with van der Waals surface area (Å²) in [6.07, 6.45) is 0.677. The molecule has 0 spiro atoms. The number of rotatable bonds is 5. The maximum atomic E-state index is 8.90. The van der Waals surface area contributed by atoms with Crippen LogP contribution in [0.15, 0.2) is 48.5 Å². The number of hydrogen-bond donors (Lipinski definition) is 2. The molecule has 1 heterocycles. The van der Waals surface area contributed by atoms with Crippen LogP contribution < -0.4 is 5.32 Å². The highest BCUT2D eigenvalue weighted by atomic mass is 16.3. The fraction of sp³-hybridized carbons (Fsp3) is 0.222. The first-order valence-electron chi connectivity index (χ1n) is 7.46. The van der Waals surface area contributed by atoms with Crippen molar-refractivity contribution in [3.8, 4) is 11.3 Å². The van der Waals surface area contributed by atoms with Crippen LogP contribution in [0.3, 0.4) is 0 Å². The van der Waals surface area contributed by atoms with Gasteiger partial charge in [0, 0.05) is 24.1 Å². The predicted octanol–water partition coefficient (Wildman–Crippen LogP) is 3.40. The number of aromatic nitrogens is 2. The highest BCUT2D eigenvalue weighted by Crippen LogP contribution is 2.27. The van der Waals surface area contributed by atoms with Crippen LogP contribution in [0, 0.1) is 6.92 Å². The van der Waals surface area contributed by atoms with Crippen molar-refractivity contribution in [1.82, 2.24) is 9.97 Å². The fourth-order valence-corrected chi connectivity index (χ4v) is 2.42. The summed E-state index contributed by atoms with van der Waals surface area (Å²) in [5.74, 6) is 0.601. The molecule has 0 amide bonds. The molecule has 0 unspecified atom stereocenters. The monoisotopic (exact) mass is 293 g/mol. The molecule has 22 heavy (non-hydrogen) atoms. The topological polar surface area (TPSA) is 58.0 Å². The van der Waals surface area contributed by atoms with Crippen molar-refractivity contribution in [3.63, 3.8) is 0 Å².